The Labute approximate surface area is 84.4 Å². The summed E-state index contributed by atoms with van der Waals surface area (Å²) >= 11 is 0. The Bertz CT molecular complexity index is 276. The van der Waals surface area contributed by atoms with Crippen LogP contribution in [0.3, 0.4) is 0 Å². The number of hydrogen-bond acceptors (Lipinski definition) is 3. The Hall–Kier alpha value is -0.930. The van der Waals surface area contributed by atoms with Crippen LogP contribution in [0.4, 0.5) is 0 Å². The van der Waals surface area contributed by atoms with Gasteiger partial charge in [-0.05, 0) is 31.5 Å². The van der Waals surface area contributed by atoms with Gasteiger partial charge in [-0.2, -0.15) is 0 Å². The fraction of sp³-hybridized carbons (Fsp3) is 0.545. The second kappa shape index (κ2) is 4.53. The summed E-state index contributed by atoms with van der Waals surface area (Å²) in [6, 6.07) is 6.31. The zero-order valence-corrected chi connectivity index (χ0v) is 8.26. The third-order valence-corrected chi connectivity index (χ3v) is 2.80. The van der Waals surface area contributed by atoms with Crippen LogP contribution < -0.4 is 0 Å². The van der Waals surface area contributed by atoms with E-state index >= 15 is 0 Å². The van der Waals surface area contributed by atoms with Gasteiger partial charge >= 0.3 is 0 Å². The second-order valence-electron chi connectivity index (χ2n) is 3.77. The number of aliphatic hydroxyl groups is 1. The van der Waals surface area contributed by atoms with E-state index in [0.717, 1.165) is 25.2 Å². The molecule has 3 heteroatoms. The Morgan fingerprint density at radius 2 is 2.43 bits per heavy atom. The molecule has 1 aliphatic rings. The molecule has 1 fully saturated rings. The monoisotopic (exact) mass is 192 g/mol. The van der Waals surface area contributed by atoms with E-state index < -0.39 is 0 Å². The van der Waals surface area contributed by atoms with Crippen molar-refractivity contribution in [3.8, 4) is 0 Å². The fourth-order valence-corrected chi connectivity index (χ4v) is 2.01. The molecule has 76 valence electrons. The summed E-state index contributed by atoms with van der Waals surface area (Å²) < 4.78 is 0. The van der Waals surface area contributed by atoms with Crippen LogP contribution in [0.1, 0.15) is 18.5 Å². The molecule has 1 saturated heterocycles. The highest BCUT2D eigenvalue weighted by atomic mass is 16.3. The average molecular weight is 192 g/mol. The molecule has 1 aromatic rings. The average Bonchev–Trinajstić information content (AvgIpc) is 2.67. The molecule has 1 unspecified atom stereocenters. The molecule has 0 aromatic carbocycles. The molecule has 1 aliphatic heterocycles. The topological polar surface area (TPSA) is 36.4 Å². The highest BCUT2D eigenvalue weighted by Crippen LogP contribution is 2.18. The van der Waals surface area contributed by atoms with Crippen LogP contribution in [-0.4, -0.2) is 34.2 Å². The largest absolute Gasteiger partial charge is 0.395 e. The van der Waals surface area contributed by atoms with Gasteiger partial charge in [-0.1, -0.05) is 6.07 Å². The molecule has 0 saturated carbocycles. The van der Waals surface area contributed by atoms with Crippen LogP contribution in [0.2, 0.25) is 0 Å². The molecule has 0 aliphatic carbocycles. The summed E-state index contributed by atoms with van der Waals surface area (Å²) in [6.07, 6.45) is 4.13. The lowest BCUT2D eigenvalue weighted by atomic mass is 10.2. The Morgan fingerprint density at radius 1 is 1.50 bits per heavy atom. The normalized spacial score (nSPS) is 22.8. The first-order valence-corrected chi connectivity index (χ1v) is 5.15. The van der Waals surface area contributed by atoms with Crippen molar-refractivity contribution in [1.29, 1.82) is 0 Å². The molecule has 3 nitrogen and oxygen atoms in total. The first-order valence-electron chi connectivity index (χ1n) is 5.15. The molecular formula is C11H16N2O. The lowest BCUT2D eigenvalue weighted by Gasteiger charge is -2.21. The first kappa shape index (κ1) is 9.62. The summed E-state index contributed by atoms with van der Waals surface area (Å²) in [5.74, 6) is 0. The van der Waals surface area contributed by atoms with Gasteiger partial charge in [0.15, 0.2) is 0 Å². The molecule has 0 amide bonds. The minimum Gasteiger partial charge on any atom is -0.395 e. The van der Waals surface area contributed by atoms with Gasteiger partial charge in [0, 0.05) is 18.8 Å². The van der Waals surface area contributed by atoms with E-state index in [2.05, 4.69) is 9.88 Å². The van der Waals surface area contributed by atoms with Gasteiger partial charge in [0.05, 0.1) is 12.3 Å². The molecule has 1 N–H and O–H groups in total. The highest BCUT2D eigenvalue weighted by Gasteiger charge is 2.23. The van der Waals surface area contributed by atoms with Gasteiger partial charge in [-0.25, -0.2) is 0 Å². The van der Waals surface area contributed by atoms with Crippen molar-refractivity contribution in [3.05, 3.63) is 30.1 Å². The maximum Gasteiger partial charge on any atom is 0.0587 e. The zero-order chi connectivity index (χ0) is 9.80. The second-order valence-corrected chi connectivity index (χ2v) is 3.77. The van der Waals surface area contributed by atoms with E-state index in [4.69, 9.17) is 5.11 Å². The van der Waals surface area contributed by atoms with Gasteiger partial charge in [-0.15, -0.1) is 0 Å². The molecule has 0 spiro atoms. The number of aromatic nitrogens is 1. The van der Waals surface area contributed by atoms with Crippen LogP contribution in [0.5, 0.6) is 0 Å². The maximum atomic E-state index is 9.15. The van der Waals surface area contributed by atoms with E-state index in [1.54, 1.807) is 0 Å². The van der Waals surface area contributed by atoms with Gasteiger partial charge in [-0.3, -0.25) is 9.88 Å². The summed E-state index contributed by atoms with van der Waals surface area (Å²) in [5.41, 5.74) is 1.09. The van der Waals surface area contributed by atoms with Crippen molar-refractivity contribution >= 4 is 0 Å². The van der Waals surface area contributed by atoms with Gasteiger partial charge in [0.2, 0.25) is 0 Å². The number of likely N-dealkylation sites (tertiary alicyclic amines) is 1. The highest BCUT2D eigenvalue weighted by molar-refractivity contribution is 5.04. The number of rotatable bonds is 3. The maximum absolute atomic E-state index is 9.15. The van der Waals surface area contributed by atoms with Crippen LogP contribution in [0, 0.1) is 0 Å². The molecular weight excluding hydrogens is 176 g/mol. The van der Waals surface area contributed by atoms with Crippen molar-refractivity contribution in [2.75, 3.05) is 13.2 Å². The number of aliphatic hydroxyl groups excluding tert-OH is 1. The van der Waals surface area contributed by atoms with Crippen LogP contribution >= 0.6 is 0 Å². The van der Waals surface area contributed by atoms with Crippen molar-refractivity contribution < 1.29 is 5.11 Å². The van der Waals surface area contributed by atoms with Crippen LogP contribution in [0.15, 0.2) is 24.4 Å². The SMILES string of the molecule is OCC1CCCN1Cc1ccccn1. The molecule has 2 rings (SSSR count). The molecule has 0 radical (unpaired) electrons. The molecule has 0 bridgehead atoms. The predicted octanol–water partition coefficient (Wildman–Crippen LogP) is 1.04. The first-order chi connectivity index (χ1) is 6.90. The number of pyridine rings is 1. The van der Waals surface area contributed by atoms with Crippen molar-refractivity contribution in [1.82, 2.24) is 9.88 Å². The smallest absolute Gasteiger partial charge is 0.0587 e. The third kappa shape index (κ3) is 2.11. The Morgan fingerprint density at radius 3 is 3.14 bits per heavy atom. The summed E-state index contributed by atoms with van der Waals surface area (Å²) in [5, 5.41) is 9.15. The van der Waals surface area contributed by atoms with Gasteiger partial charge in [0.1, 0.15) is 0 Å². The van der Waals surface area contributed by atoms with E-state index in [0.29, 0.717) is 6.04 Å². The predicted molar refractivity (Wildman–Crippen MR) is 54.8 cm³/mol. The molecule has 14 heavy (non-hydrogen) atoms. The minimum absolute atomic E-state index is 0.271. The fourth-order valence-electron chi connectivity index (χ4n) is 2.01. The molecule has 1 aromatic heterocycles. The van der Waals surface area contributed by atoms with Crippen molar-refractivity contribution in [2.45, 2.75) is 25.4 Å². The summed E-state index contributed by atoms with van der Waals surface area (Å²) in [4.78, 5) is 6.60. The molecule has 2 heterocycles. The Kier molecular flexibility index (Phi) is 3.11. The van der Waals surface area contributed by atoms with Crippen molar-refractivity contribution in [2.24, 2.45) is 0 Å². The van der Waals surface area contributed by atoms with Crippen LogP contribution in [-0.2, 0) is 6.54 Å². The number of hydrogen-bond donors (Lipinski definition) is 1. The third-order valence-electron chi connectivity index (χ3n) is 2.80. The standard InChI is InChI=1S/C11H16N2O/c14-9-11-5-3-7-13(11)8-10-4-1-2-6-12-10/h1-2,4,6,11,14H,3,5,7-9H2. The van der Waals surface area contributed by atoms with E-state index in [9.17, 15) is 0 Å². The quantitative estimate of drug-likeness (QED) is 0.777. The molecule has 1 atom stereocenters. The Balaban J connectivity index is 1.97. The van der Waals surface area contributed by atoms with E-state index in [1.807, 2.05) is 24.4 Å². The summed E-state index contributed by atoms with van der Waals surface area (Å²) in [6.45, 7) is 2.22. The van der Waals surface area contributed by atoms with Crippen molar-refractivity contribution in [3.63, 3.8) is 0 Å². The lowest BCUT2D eigenvalue weighted by Crippen LogP contribution is -2.31. The van der Waals surface area contributed by atoms with Crippen LogP contribution in [0.25, 0.3) is 0 Å². The zero-order valence-electron chi connectivity index (χ0n) is 8.26. The lowest BCUT2D eigenvalue weighted by molar-refractivity contribution is 0.152. The van der Waals surface area contributed by atoms with E-state index in [1.165, 1.54) is 6.42 Å². The summed E-state index contributed by atoms with van der Waals surface area (Å²) in [7, 11) is 0. The van der Waals surface area contributed by atoms with Gasteiger partial charge < -0.3 is 5.11 Å². The van der Waals surface area contributed by atoms with Gasteiger partial charge in [0.25, 0.3) is 0 Å². The minimum atomic E-state index is 0.271. The van der Waals surface area contributed by atoms with E-state index in [-0.39, 0.29) is 6.61 Å². The number of nitrogens with zero attached hydrogens (tertiary/aromatic N) is 2.